The molecular weight excluding hydrogens is 383 g/mol. The molecule has 0 amide bonds. The van der Waals surface area contributed by atoms with Crippen LogP contribution in [0.1, 0.15) is 5.56 Å². The minimum Gasteiger partial charge on any atom is -0.486 e. The molecule has 0 saturated carbocycles. The molecule has 0 fully saturated rings. The molecular formula is C20H14BrFN2O. The van der Waals surface area contributed by atoms with Crippen molar-refractivity contribution in [3.63, 3.8) is 0 Å². The Morgan fingerprint density at radius 1 is 1.00 bits per heavy atom. The summed E-state index contributed by atoms with van der Waals surface area (Å²) in [5.41, 5.74) is 2.69. The van der Waals surface area contributed by atoms with E-state index >= 15 is 0 Å². The molecule has 0 atom stereocenters. The molecule has 3 nitrogen and oxygen atoms in total. The van der Waals surface area contributed by atoms with Crippen LogP contribution in [0.15, 0.2) is 77.4 Å². The Hall–Kier alpha value is -2.66. The first-order chi connectivity index (χ1) is 12.2. The Bertz CT molecular complexity index is 1030. The Morgan fingerprint density at radius 2 is 1.84 bits per heavy atom. The number of benzene rings is 3. The normalized spacial score (nSPS) is 11.0. The molecule has 25 heavy (non-hydrogen) atoms. The molecule has 4 aromatic rings. The molecule has 0 radical (unpaired) electrons. The van der Waals surface area contributed by atoms with Gasteiger partial charge in [-0.25, -0.2) is 9.07 Å². The summed E-state index contributed by atoms with van der Waals surface area (Å²) < 4.78 is 22.6. The van der Waals surface area contributed by atoms with Crippen LogP contribution in [0.2, 0.25) is 0 Å². The molecule has 124 valence electrons. The first-order valence-corrected chi connectivity index (χ1v) is 8.60. The molecule has 5 heteroatoms. The molecule has 0 unspecified atom stereocenters. The SMILES string of the molecule is Fc1ccc(-n2ncc3cc(Br)ccc32)cc1OCc1ccccc1. The van der Waals surface area contributed by atoms with Gasteiger partial charge in [-0.1, -0.05) is 46.3 Å². The van der Waals surface area contributed by atoms with Crippen molar-refractivity contribution < 1.29 is 9.13 Å². The molecule has 0 aliphatic carbocycles. The molecule has 0 saturated heterocycles. The van der Waals surface area contributed by atoms with Gasteiger partial charge < -0.3 is 4.74 Å². The number of hydrogen-bond acceptors (Lipinski definition) is 2. The van der Waals surface area contributed by atoms with Crippen LogP contribution in [0.4, 0.5) is 4.39 Å². The lowest BCUT2D eigenvalue weighted by Crippen LogP contribution is -2.01. The highest BCUT2D eigenvalue weighted by atomic mass is 79.9. The van der Waals surface area contributed by atoms with Gasteiger partial charge in [0.15, 0.2) is 11.6 Å². The van der Waals surface area contributed by atoms with Crippen LogP contribution in [-0.4, -0.2) is 9.78 Å². The number of nitrogens with zero attached hydrogens (tertiary/aromatic N) is 2. The zero-order valence-electron chi connectivity index (χ0n) is 13.2. The fraction of sp³-hybridized carbons (Fsp3) is 0.0500. The van der Waals surface area contributed by atoms with Crippen LogP contribution in [0.25, 0.3) is 16.6 Å². The largest absolute Gasteiger partial charge is 0.486 e. The van der Waals surface area contributed by atoms with E-state index < -0.39 is 0 Å². The first-order valence-electron chi connectivity index (χ1n) is 7.81. The van der Waals surface area contributed by atoms with E-state index in [2.05, 4.69) is 21.0 Å². The van der Waals surface area contributed by atoms with Gasteiger partial charge >= 0.3 is 0 Å². The van der Waals surface area contributed by atoms with Crippen molar-refractivity contribution >= 4 is 26.8 Å². The first kappa shape index (κ1) is 15.8. The number of halogens is 2. The monoisotopic (exact) mass is 396 g/mol. The maximum atomic E-state index is 14.1. The Balaban J connectivity index is 1.66. The highest BCUT2D eigenvalue weighted by Crippen LogP contribution is 2.26. The maximum Gasteiger partial charge on any atom is 0.165 e. The quantitative estimate of drug-likeness (QED) is 0.454. The van der Waals surface area contributed by atoms with Crippen LogP contribution >= 0.6 is 15.9 Å². The second-order valence-corrected chi connectivity index (χ2v) is 6.56. The zero-order valence-corrected chi connectivity index (χ0v) is 14.8. The molecule has 0 aliphatic rings. The Labute approximate surface area is 152 Å². The number of rotatable bonds is 4. The number of ether oxygens (including phenoxy) is 1. The van der Waals surface area contributed by atoms with Crippen LogP contribution in [0, 0.1) is 5.82 Å². The summed E-state index contributed by atoms with van der Waals surface area (Å²) in [5.74, 6) is -0.180. The molecule has 0 aliphatic heterocycles. The van der Waals surface area contributed by atoms with Gasteiger partial charge in [-0.2, -0.15) is 5.10 Å². The molecule has 0 N–H and O–H groups in total. The molecule has 1 heterocycles. The Morgan fingerprint density at radius 3 is 2.68 bits per heavy atom. The number of fused-ring (bicyclic) bond motifs is 1. The van der Waals surface area contributed by atoms with Gasteiger partial charge in [0.2, 0.25) is 0 Å². The minimum atomic E-state index is -0.390. The van der Waals surface area contributed by atoms with Crippen molar-refractivity contribution in [3.8, 4) is 11.4 Å². The van der Waals surface area contributed by atoms with E-state index in [9.17, 15) is 4.39 Å². The molecule has 0 bridgehead atoms. The van der Waals surface area contributed by atoms with Gasteiger partial charge in [0, 0.05) is 15.9 Å². The van der Waals surface area contributed by atoms with Gasteiger partial charge in [-0.15, -0.1) is 0 Å². The summed E-state index contributed by atoms with van der Waals surface area (Å²) in [4.78, 5) is 0. The number of aromatic nitrogens is 2. The molecule has 1 aromatic heterocycles. The average molecular weight is 397 g/mol. The van der Waals surface area contributed by atoms with Crippen LogP contribution in [0.5, 0.6) is 5.75 Å². The lowest BCUT2D eigenvalue weighted by atomic mass is 10.2. The summed E-state index contributed by atoms with van der Waals surface area (Å²) >= 11 is 3.46. The van der Waals surface area contributed by atoms with Gasteiger partial charge in [0.1, 0.15) is 6.61 Å². The van der Waals surface area contributed by atoms with E-state index in [-0.39, 0.29) is 11.6 Å². The van der Waals surface area contributed by atoms with E-state index in [0.29, 0.717) is 6.61 Å². The van der Waals surface area contributed by atoms with Crippen molar-refractivity contribution in [1.29, 1.82) is 0 Å². The van der Waals surface area contributed by atoms with E-state index in [1.54, 1.807) is 23.0 Å². The van der Waals surface area contributed by atoms with Crippen molar-refractivity contribution in [2.45, 2.75) is 6.61 Å². The van der Waals surface area contributed by atoms with Crippen molar-refractivity contribution in [2.24, 2.45) is 0 Å². The molecule has 4 rings (SSSR count). The lowest BCUT2D eigenvalue weighted by Gasteiger charge is -2.10. The summed E-state index contributed by atoms with van der Waals surface area (Å²) in [6.45, 7) is 0.314. The van der Waals surface area contributed by atoms with Crippen molar-refractivity contribution in [2.75, 3.05) is 0 Å². The third kappa shape index (κ3) is 3.28. The second-order valence-electron chi connectivity index (χ2n) is 5.65. The highest BCUT2D eigenvalue weighted by Gasteiger charge is 2.10. The fourth-order valence-corrected chi connectivity index (χ4v) is 3.06. The summed E-state index contributed by atoms with van der Waals surface area (Å²) in [6.07, 6.45) is 1.79. The van der Waals surface area contributed by atoms with Gasteiger partial charge in [-0.05, 0) is 35.9 Å². The average Bonchev–Trinajstić information content (AvgIpc) is 3.05. The highest BCUT2D eigenvalue weighted by molar-refractivity contribution is 9.10. The topological polar surface area (TPSA) is 27.1 Å². The predicted molar refractivity (Wildman–Crippen MR) is 99.5 cm³/mol. The standard InChI is InChI=1S/C20H14BrFN2O/c21-16-6-9-19-15(10-16)12-23-24(19)17-7-8-18(22)20(11-17)25-13-14-4-2-1-3-5-14/h1-12H,13H2. The lowest BCUT2D eigenvalue weighted by molar-refractivity contribution is 0.290. The predicted octanol–water partition coefficient (Wildman–Crippen LogP) is 5.51. The minimum absolute atomic E-state index is 0.210. The van der Waals surface area contributed by atoms with E-state index in [4.69, 9.17) is 4.74 Å². The van der Waals surface area contributed by atoms with Crippen LogP contribution < -0.4 is 4.74 Å². The fourth-order valence-electron chi connectivity index (χ4n) is 2.68. The smallest absolute Gasteiger partial charge is 0.165 e. The summed E-state index contributed by atoms with van der Waals surface area (Å²) in [5, 5.41) is 5.42. The number of hydrogen-bond donors (Lipinski definition) is 0. The van der Waals surface area contributed by atoms with Gasteiger partial charge in [0.05, 0.1) is 17.4 Å². The Kier molecular flexibility index (Phi) is 4.24. The molecule has 3 aromatic carbocycles. The van der Waals surface area contributed by atoms with Gasteiger partial charge in [0.25, 0.3) is 0 Å². The van der Waals surface area contributed by atoms with Crippen molar-refractivity contribution in [1.82, 2.24) is 9.78 Å². The summed E-state index contributed by atoms with van der Waals surface area (Å²) in [7, 11) is 0. The van der Waals surface area contributed by atoms with Crippen LogP contribution in [0.3, 0.4) is 0 Å². The second kappa shape index (κ2) is 6.69. The van der Waals surface area contributed by atoms with Crippen LogP contribution in [-0.2, 0) is 6.61 Å². The van der Waals surface area contributed by atoms with E-state index in [1.807, 2.05) is 48.5 Å². The molecule has 0 spiro atoms. The third-order valence-corrected chi connectivity index (χ3v) is 4.42. The maximum absolute atomic E-state index is 14.1. The third-order valence-electron chi connectivity index (χ3n) is 3.93. The van der Waals surface area contributed by atoms with E-state index in [1.165, 1.54) is 6.07 Å². The zero-order chi connectivity index (χ0) is 17.2. The summed E-state index contributed by atoms with van der Waals surface area (Å²) in [6, 6.07) is 20.4. The van der Waals surface area contributed by atoms with E-state index in [0.717, 1.165) is 26.6 Å². The van der Waals surface area contributed by atoms with Crippen molar-refractivity contribution in [3.05, 3.63) is 88.8 Å². The van der Waals surface area contributed by atoms with Gasteiger partial charge in [-0.3, -0.25) is 0 Å².